The predicted molar refractivity (Wildman–Crippen MR) is 72.7 cm³/mol. The largest absolute Gasteiger partial charge is 0.326 e. The van der Waals surface area contributed by atoms with Crippen LogP contribution < -0.4 is 10.6 Å². The van der Waals surface area contributed by atoms with Crippen molar-refractivity contribution in [3.8, 4) is 0 Å². The minimum atomic E-state index is -0.274. The molecule has 0 bridgehead atoms. The van der Waals surface area contributed by atoms with E-state index in [2.05, 4.69) is 22.2 Å². The molecule has 2 aromatic rings. The Morgan fingerprint density at radius 2 is 2.00 bits per heavy atom. The van der Waals surface area contributed by atoms with Gasteiger partial charge in [0.2, 0.25) is 0 Å². The van der Waals surface area contributed by atoms with Gasteiger partial charge in [-0.1, -0.05) is 18.7 Å². The van der Waals surface area contributed by atoms with Crippen molar-refractivity contribution in [2.45, 2.75) is 13.5 Å². The molecule has 102 valence electrons. The first-order chi connectivity index (χ1) is 9.54. The van der Waals surface area contributed by atoms with Crippen LogP contribution >= 0.6 is 0 Å². The van der Waals surface area contributed by atoms with Gasteiger partial charge in [-0.15, -0.1) is 0 Å². The first-order valence-corrected chi connectivity index (χ1v) is 6.13. The van der Waals surface area contributed by atoms with Gasteiger partial charge in [-0.3, -0.25) is 4.79 Å². The number of hydrogen-bond acceptors (Lipinski definition) is 3. The predicted octanol–water partition coefficient (Wildman–Crippen LogP) is 2.01. The summed E-state index contributed by atoms with van der Waals surface area (Å²) in [6, 6.07) is 6.23. The number of aryl methyl sites for hydroxylation is 1. The van der Waals surface area contributed by atoms with Crippen molar-refractivity contribution < 1.29 is 9.18 Å². The molecule has 0 saturated heterocycles. The summed E-state index contributed by atoms with van der Waals surface area (Å²) in [6.45, 7) is 6.02. The smallest absolute Gasteiger partial charge is 0.279 e. The standard InChI is InChI=1S/C14H13FN4O/c1-8-16-13-12(14(20)17-8)18-9(2)19(13)7-10-3-5-11(15)6-4-10/h3-6,16H,1,7H2,2H3,(H,17,20). The van der Waals surface area contributed by atoms with Gasteiger partial charge in [-0.25, -0.2) is 9.37 Å². The SMILES string of the molecule is C=C1NC(=O)c2nc(C)n(Cc3ccc(F)cc3)c2N1. The lowest BCUT2D eigenvalue weighted by molar-refractivity contribution is 0.0959. The number of carbonyl (C=O) groups excluding carboxylic acids is 1. The number of rotatable bonds is 2. The Balaban J connectivity index is 2.00. The Bertz CT molecular complexity index is 703. The molecule has 0 unspecified atom stereocenters. The molecule has 0 spiro atoms. The number of amides is 1. The van der Waals surface area contributed by atoms with Gasteiger partial charge in [0.25, 0.3) is 5.91 Å². The Morgan fingerprint density at radius 3 is 2.70 bits per heavy atom. The minimum Gasteiger partial charge on any atom is -0.326 e. The van der Waals surface area contributed by atoms with E-state index in [1.165, 1.54) is 12.1 Å². The van der Waals surface area contributed by atoms with Crippen molar-refractivity contribution in [3.05, 3.63) is 59.6 Å². The number of carbonyl (C=O) groups is 1. The molecule has 0 atom stereocenters. The summed E-state index contributed by atoms with van der Waals surface area (Å²) in [5.41, 5.74) is 1.27. The lowest BCUT2D eigenvalue weighted by Crippen LogP contribution is -2.32. The number of nitrogens with one attached hydrogen (secondary N) is 2. The van der Waals surface area contributed by atoms with Crippen LogP contribution in [0, 0.1) is 12.7 Å². The topological polar surface area (TPSA) is 59.0 Å². The van der Waals surface area contributed by atoms with Crippen LogP contribution in [0.15, 0.2) is 36.7 Å². The Morgan fingerprint density at radius 1 is 1.30 bits per heavy atom. The molecule has 1 aromatic carbocycles. The normalized spacial score (nSPS) is 13.7. The van der Waals surface area contributed by atoms with Gasteiger partial charge >= 0.3 is 0 Å². The number of aromatic nitrogens is 2. The molecule has 0 radical (unpaired) electrons. The van der Waals surface area contributed by atoms with Crippen LogP contribution in [0.2, 0.25) is 0 Å². The maximum Gasteiger partial charge on any atom is 0.279 e. The molecule has 2 N–H and O–H groups in total. The summed E-state index contributed by atoms with van der Waals surface area (Å²) in [5, 5.41) is 5.59. The number of hydrogen-bond donors (Lipinski definition) is 2. The molecule has 0 aliphatic carbocycles. The zero-order valence-electron chi connectivity index (χ0n) is 10.9. The molecule has 1 aliphatic rings. The fourth-order valence-corrected chi connectivity index (χ4v) is 2.19. The number of imidazole rings is 1. The second-order valence-electron chi connectivity index (χ2n) is 4.63. The molecular weight excluding hydrogens is 259 g/mol. The van der Waals surface area contributed by atoms with E-state index in [0.29, 0.717) is 29.7 Å². The molecule has 6 heteroatoms. The van der Waals surface area contributed by atoms with Crippen LogP contribution in [0.5, 0.6) is 0 Å². The van der Waals surface area contributed by atoms with E-state index in [4.69, 9.17) is 0 Å². The Hall–Kier alpha value is -2.63. The maximum absolute atomic E-state index is 12.9. The monoisotopic (exact) mass is 272 g/mol. The van der Waals surface area contributed by atoms with Crippen molar-refractivity contribution in [2.24, 2.45) is 0 Å². The van der Waals surface area contributed by atoms with E-state index in [0.717, 1.165) is 5.56 Å². The third-order valence-electron chi connectivity index (χ3n) is 3.16. The molecule has 0 fully saturated rings. The van der Waals surface area contributed by atoms with Crippen LogP contribution in [-0.4, -0.2) is 15.5 Å². The van der Waals surface area contributed by atoms with Crippen molar-refractivity contribution in [1.82, 2.24) is 14.9 Å². The molecule has 1 aromatic heterocycles. The fraction of sp³-hybridized carbons (Fsp3) is 0.143. The highest BCUT2D eigenvalue weighted by molar-refractivity contribution is 6.00. The van der Waals surface area contributed by atoms with Gasteiger partial charge in [0.15, 0.2) is 5.69 Å². The minimum absolute atomic E-state index is 0.273. The summed E-state index contributed by atoms with van der Waals surface area (Å²) < 4.78 is 14.8. The van der Waals surface area contributed by atoms with Crippen molar-refractivity contribution in [3.63, 3.8) is 0 Å². The summed E-state index contributed by atoms with van der Waals surface area (Å²) in [6.07, 6.45) is 0. The summed E-state index contributed by atoms with van der Waals surface area (Å²) in [5.74, 6) is 1.19. The highest BCUT2D eigenvalue weighted by Crippen LogP contribution is 2.23. The quantitative estimate of drug-likeness (QED) is 0.879. The molecule has 1 amide bonds. The summed E-state index contributed by atoms with van der Waals surface area (Å²) in [4.78, 5) is 16.1. The maximum atomic E-state index is 12.9. The Labute approximate surface area is 115 Å². The third kappa shape index (κ3) is 2.05. The van der Waals surface area contributed by atoms with Crippen molar-refractivity contribution >= 4 is 11.7 Å². The van der Waals surface area contributed by atoms with Crippen LogP contribution in [-0.2, 0) is 6.54 Å². The van der Waals surface area contributed by atoms with Crippen molar-refractivity contribution in [2.75, 3.05) is 5.32 Å². The van der Waals surface area contributed by atoms with Gasteiger partial charge < -0.3 is 15.2 Å². The van der Waals surface area contributed by atoms with E-state index >= 15 is 0 Å². The number of fused-ring (bicyclic) bond motifs is 1. The molecule has 1 aliphatic heterocycles. The molecule has 3 rings (SSSR count). The molecule has 2 heterocycles. The molecular formula is C14H13FN4O. The first-order valence-electron chi connectivity index (χ1n) is 6.13. The number of benzene rings is 1. The molecule has 5 nitrogen and oxygen atoms in total. The number of halogens is 1. The van der Waals surface area contributed by atoms with Crippen LogP contribution in [0.4, 0.5) is 10.2 Å². The molecule has 20 heavy (non-hydrogen) atoms. The number of nitrogens with zero attached hydrogens (tertiary/aromatic N) is 2. The van der Waals surface area contributed by atoms with E-state index in [-0.39, 0.29) is 11.7 Å². The van der Waals surface area contributed by atoms with Crippen LogP contribution in [0.25, 0.3) is 0 Å². The zero-order chi connectivity index (χ0) is 14.3. The summed E-state index contributed by atoms with van der Waals surface area (Å²) in [7, 11) is 0. The van der Waals surface area contributed by atoms with Gasteiger partial charge in [0.05, 0.1) is 6.54 Å². The van der Waals surface area contributed by atoms with E-state index in [9.17, 15) is 9.18 Å². The van der Waals surface area contributed by atoms with Crippen molar-refractivity contribution in [1.29, 1.82) is 0 Å². The van der Waals surface area contributed by atoms with Gasteiger partial charge in [0.1, 0.15) is 23.3 Å². The average molecular weight is 272 g/mol. The Kier molecular flexibility index (Phi) is 2.78. The summed E-state index contributed by atoms with van der Waals surface area (Å²) >= 11 is 0. The molecule has 0 saturated carbocycles. The van der Waals surface area contributed by atoms with Gasteiger partial charge in [0, 0.05) is 0 Å². The van der Waals surface area contributed by atoms with E-state index < -0.39 is 0 Å². The highest BCUT2D eigenvalue weighted by Gasteiger charge is 2.25. The van der Waals surface area contributed by atoms with Crippen LogP contribution in [0.1, 0.15) is 21.9 Å². The third-order valence-corrected chi connectivity index (χ3v) is 3.16. The lowest BCUT2D eigenvalue weighted by atomic mass is 10.2. The van der Waals surface area contributed by atoms with E-state index in [1.54, 1.807) is 12.1 Å². The lowest BCUT2D eigenvalue weighted by Gasteiger charge is -2.19. The second-order valence-corrected chi connectivity index (χ2v) is 4.63. The number of anilines is 1. The van der Waals surface area contributed by atoms with Gasteiger partial charge in [-0.05, 0) is 24.6 Å². The second kappa shape index (κ2) is 4.48. The van der Waals surface area contributed by atoms with Crippen LogP contribution in [0.3, 0.4) is 0 Å². The zero-order valence-corrected chi connectivity index (χ0v) is 10.9. The first kappa shape index (κ1) is 12.4. The highest BCUT2D eigenvalue weighted by atomic mass is 19.1. The van der Waals surface area contributed by atoms with Gasteiger partial charge in [-0.2, -0.15) is 0 Å². The fourth-order valence-electron chi connectivity index (χ4n) is 2.19. The van der Waals surface area contributed by atoms with E-state index in [1.807, 2.05) is 11.5 Å². The average Bonchev–Trinajstić information content (AvgIpc) is 2.70.